The lowest BCUT2D eigenvalue weighted by Gasteiger charge is -1.99. The summed E-state index contributed by atoms with van der Waals surface area (Å²) in [6.45, 7) is 0. The number of rotatable bonds is 3. The average molecular weight is 210 g/mol. The van der Waals surface area contributed by atoms with E-state index < -0.39 is 0 Å². The molecule has 2 rings (SSSR count). The highest BCUT2D eigenvalue weighted by molar-refractivity contribution is 6.30. The Kier molecular flexibility index (Phi) is 2.46. The molecule has 0 heterocycles. The molecule has 0 spiro atoms. The summed E-state index contributed by atoms with van der Waals surface area (Å²) in [5.74, 6) is 0.715. The van der Waals surface area contributed by atoms with E-state index in [2.05, 4.69) is 6.07 Å². The number of nitrogens with two attached hydrogens (primary N) is 1. The highest BCUT2D eigenvalue weighted by atomic mass is 35.5. The van der Waals surface area contributed by atoms with Crippen molar-refractivity contribution in [3.8, 4) is 0 Å². The van der Waals surface area contributed by atoms with E-state index in [9.17, 15) is 4.79 Å². The Hall–Kier alpha value is -1.02. The first-order valence-electron chi connectivity index (χ1n) is 4.70. The Morgan fingerprint density at radius 1 is 1.57 bits per heavy atom. The Morgan fingerprint density at radius 3 is 3.00 bits per heavy atom. The fraction of sp³-hybridized carbons (Fsp3) is 0.364. The predicted molar refractivity (Wildman–Crippen MR) is 56.1 cm³/mol. The van der Waals surface area contributed by atoms with Crippen molar-refractivity contribution in [3.05, 3.63) is 34.9 Å². The molecule has 1 fully saturated rings. The van der Waals surface area contributed by atoms with Gasteiger partial charge < -0.3 is 5.73 Å². The van der Waals surface area contributed by atoms with Crippen molar-refractivity contribution < 1.29 is 4.79 Å². The van der Waals surface area contributed by atoms with Crippen LogP contribution in [0, 0.1) is 5.92 Å². The van der Waals surface area contributed by atoms with E-state index >= 15 is 0 Å². The Morgan fingerprint density at radius 2 is 2.36 bits per heavy atom. The number of hydrogen-bond donors (Lipinski definition) is 1. The first kappa shape index (κ1) is 9.53. The van der Waals surface area contributed by atoms with Gasteiger partial charge in [0.2, 0.25) is 5.91 Å². The zero-order valence-electron chi connectivity index (χ0n) is 7.74. The van der Waals surface area contributed by atoms with Crippen LogP contribution in [0.25, 0.3) is 0 Å². The smallest absolute Gasteiger partial charge is 0.217 e. The lowest BCUT2D eigenvalue weighted by Crippen LogP contribution is -2.11. The summed E-state index contributed by atoms with van der Waals surface area (Å²) >= 11 is 5.88. The second-order valence-electron chi connectivity index (χ2n) is 3.83. The highest BCUT2D eigenvalue weighted by Crippen LogP contribution is 2.49. The minimum atomic E-state index is -0.209. The van der Waals surface area contributed by atoms with Crippen LogP contribution in [-0.2, 0) is 4.79 Å². The van der Waals surface area contributed by atoms with Crippen molar-refractivity contribution >= 4 is 17.5 Å². The molecule has 0 aromatic heterocycles. The van der Waals surface area contributed by atoms with E-state index in [1.165, 1.54) is 5.56 Å². The highest BCUT2D eigenvalue weighted by Gasteiger charge is 2.38. The van der Waals surface area contributed by atoms with Crippen LogP contribution in [0.5, 0.6) is 0 Å². The molecule has 1 aromatic rings. The van der Waals surface area contributed by atoms with Crippen LogP contribution in [0.15, 0.2) is 24.3 Å². The van der Waals surface area contributed by atoms with Crippen LogP contribution >= 0.6 is 11.6 Å². The molecule has 0 aliphatic heterocycles. The quantitative estimate of drug-likeness (QED) is 0.816. The van der Waals surface area contributed by atoms with E-state index in [4.69, 9.17) is 17.3 Å². The van der Waals surface area contributed by atoms with Gasteiger partial charge in [-0.05, 0) is 36.0 Å². The van der Waals surface area contributed by atoms with Crippen LogP contribution in [0.4, 0.5) is 0 Å². The molecule has 2 atom stereocenters. The molecular weight excluding hydrogens is 198 g/mol. The molecule has 3 heteroatoms. The fourth-order valence-corrected chi connectivity index (χ4v) is 2.08. The van der Waals surface area contributed by atoms with Gasteiger partial charge >= 0.3 is 0 Å². The molecule has 14 heavy (non-hydrogen) atoms. The SMILES string of the molecule is NC(=O)C[C@H]1C[C@@H]1c1cccc(Cl)c1. The molecule has 0 saturated heterocycles. The van der Waals surface area contributed by atoms with E-state index in [1.54, 1.807) is 0 Å². The minimum Gasteiger partial charge on any atom is -0.370 e. The standard InChI is InChI=1S/C11H12ClNO/c12-9-3-1-2-7(4-9)10-5-8(10)6-11(13)14/h1-4,8,10H,5-6H2,(H2,13,14)/t8-,10-/m1/s1. The van der Waals surface area contributed by atoms with E-state index in [0.717, 1.165) is 11.4 Å². The van der Waals surface area contributed by atoms with Gasteiger partial charge in [0.25, 0.3) is 0 Å². The maximum atomic E-state index is 10.7. The molecule has 2 nitrogen and oxygen atoms in total. The van der Waals surface area contributed by atoms with Crippen LogP contribution in [-0.4, -0.2) is 5.91 Å². The molecule has 74 valence electrons. The van der Waals surface area contributed by atoms with Crippen LogP contribution in [0.1, 0.15) is 24.3 Å². The van der Waals surface area contributed by atoms with Crippen molar-refractivity contribution in [2.24, 2.45) is 11.7 Å². The second-order valence-corrected chi connectivity index (χ2v) is 4.26. The molecule has 0 bridgehead atoms. The number of primary amides is 1. The maximum Gasteiger partial charge on any atom is 0.217 e. The summed E-state index contributed by atoms with van der Waals surface area (Å²) < 4.78 is 0. The summed E-state index contributed by atoms with van der Waals surface area (Å²) in [6.07, 6.45) is 1.56. The third kappa shape index (κ3) is 2.07. The van der Waals surface area contributed by atoms with Gasteiger partial charge in [-0.25, -0.2) is 0 Å². The van der Waals surface area contributed by atoms with Crippen molar-refractivity contribution in [1.82, 2.24) is 0 Å². The summed E-state index contributed by atoms with van der Waals surface area (Å²) in [7, 11) is 0. The van der Waals surface area contributed by atoms with Crippen LogP contribution in [0.3, 0.4) is 0 Å². The summed E-state index contributed by atoms with van der Waals surface area (Å²) in [5, 5.41) is 0.757. The van der Waals surface area contributed by atoms with Gasteiger partial charge in [-0.1, -0.05) is 23.7 Å². The number of carbonyl (C=O) groups is 1. The first-order valence-corrected chi connectivity index (χ1v) is 5.08. The third-order valence-corrected chi connectivity index (χ3v) is 2.90. The van der Waals surface area contributed by atoms with E-state index in [-0.39, 0.29) is 5.91 Å². The molecule has 1 aliphatic carbocycles. The Labute approximate surface area is 88.1 Å². The van der Waals surface area contributed by atoms with Crippen molar-refractivity contribution in [2.75, 3.05) is 0 Å². The largest absolute Gasteiger partial charge is 0.370 e. The third-order valence-electron chi connectivity index (χ3n) is 2.66. The van der Waals surface area contributed by atoms with Crippen LogP contribution in [0.2, 0.25) is 5.02 Å². The van der Waals surface area contributed by atoms with Crippen molar-refractivity contribution in [1.29, 1.82) is 0 Å². The number of hydrogen-bond acceptors (Lipinski definition) is 1. The lowest BCUT2D eigenvalue weighted by molar-refractivity contribution is -0.118. The number of amides is 1. The Bertz CT molecular complexity index is 364. The summed E-state index contributed by atoms with van der Waals surface area (Å²) in [4.78, 5) is 10.7. The van der Waals surface area contributed by atoms with Gasteiger partial charge in [-0.3, -0.25) is 4.79 Å². The molecule has 1 aliphatic rings. The second kappa shape index (κ2) is 3.62. The lowest BCUT2D eigenvalue weighted by atomic mass is 10.1. The monoisotopic (exact) mass is 209 g/mol. The molecule has 1 aromatic carbocycles. The fourth-order valence-electron chi connectivity index (χ4n) is 1.88. The normalized spacial score (nSPS) is 24.6. The van der Waals surface area contributed by atoms with Gasteiger partial charge in [0.1, 0.15) is 0 Å². The van der Waals surface area contributed by atoms with Crippen LogP contribution < -0.4 is 5.73 Å². The van der Waals surface area contributed by atoms with Crippen molar-refractivity contribution in [2.45, 2.75) is 18.8 Å². The molecule has 0 radical (unpaired) electrons. The molecule has 2 N–H and O–H groups in total. The van der Waals surface area contributed by atoms with E-state index in [1.807, 2.05) is 18.2 Å². The summed E-state index contributed by atoms with van der Waals surface area (Å²) in [5.41, 5.74) is 6.36. The molecular formula is C11H12ClNO. The predicted octanol–water partition coefficient (Wildman–Crippen LogP) is 2.32. The number of carbonyl (C=O) groups excluding carboxylic acids is 1. The zero-order valence-corrected chi connectivity index (χ0v) is 8.50. The maximum absolute atomic E-state index is 10.7. The van der Waals surface area contributed by atoms with Gasteiger partial charge in [0.15, 0.2) is 0 Å². The van der Waals surface area contributed by atoms with Gasteiger partial charge in [0.05, 0.1) is 0 Å². The first-order chi connectivity index (χ1) is 6.66. The zero-order chi connectivity index (χ0) is 10.1. The minimum absolute atomic E-state index is 0.209. The van der Waals surface area contributed by atoms with Crippen molar-refractivity contribution in [3.63, 3.8) is 0 Å². The molecule has 1 saturated carbocycles. The van der Waals surface area contributed by atoms with E-state index in [0.29, 0.717) is 18.3 Å². The average Bonchev–Trinajstić information content (AvgIpc) is 2.82. The number of halogens is 1. The van der Waals surface area contributed by atoms with Gasteiger partial charge in [0, 0.05) is 11.4 Å². The summed E-state index contributed by atoms with van der Waals surface area (Å²) in [6, 6.07) is 7.82. The molecule has 0 unspecified atom stereocenters. The Balaban J connectivity index is 2.02. The van der Waals surface area contributed by atoms with Gasteiger partial charge in [-0.2, -0.15) is 0 Å². The number of benzene rings is 1. The van der Waals surface area contributed by atoms with Gasteiger partial charge in [-0.15, -0.1) is 0 Å². The molecule has 1 amide bonds. The topological polar surface area (TPSA) is 43.1 Å².